The predicted molar refractivity (Wildman–Crippen MR) is 132 cm³/mol. The molecule has 0 saturated carbocycles. The Morgan fingerprint density at radius 2 is 1.78 bits per heavy atom. The molecule has 36 heavy (non-hydrogen) atoms. The molecular formula is C23H27F4NO5S3. The maximum absolute atomic E-state index is 13.7. The van der Waals surface area contributed by atoms with Crippen LogP contribution in [0.1, 0.15) is 39.5 Å². The van der Waals surface area contributed by atoms with Gasteiger partial charge in [-0.15, -0.1) is 11.8 Å². The van der Waals surface area contributed by atoms with E-state index in [0.29, 0.717) is 18.5 Å². The number of fused-ring (bicyclic) bond motifs is 1. The van der Waals surface area contributed by atoms with Crippen molar-refractivity contribution >= 4 is 43.1 Å². The van der Waals surface area contributed by atoms with Gasteiger partial charge < -0.3 is 9.08 Å². The molecule has 0 fully saturated rings. The van der Waals surface area contributed by atoms with Crippen LogP contribution in [0.25, 0.3) is 0 Å². The fourth-order valence-corrected chi connectivity index (χ4v) is 7.50. The number of benzene rings is 2. The molecule has 0 spiro atoms. The number of hydrogen-bond donors (Lipinski definition) is 0. The molecule has 2 aromatic carbocycles. The molecule has 6 nitrogen and oxygen atoms in total. The largest absolute Gasteiger partial charge is 0.534 e. The highest BCUT2D eigenvalue weighted by molar-refractivity contribution is 7.98. The van der Waals surface area contributed by atoms with E-state index in [1.165, 1.54) is 36.6 Å². The Morgan fingerprint density at radius 3 is 2.31 bits per heavy atom. The first-order valence-electron chi connectivity index (χ1n) is 11.2. The third-order valence-electron chi connectivity index (χ3n) is 6.29. The number of anilines is 2. The molecular weight excluding hydrogens is 542 g/mol. The van der Waals surface area contributed by atoms with Gasteiger partial charge in [-0.3, -0.25) is 0 Å². The van der Waals surface area contributed by atoms with E-state index in [1.54, 1.807) is 4.90 Å². The molecule has 1 heterocycles. The maximum atomic E-state index is 13.7. The van der Waals surface area contributed by atoms with Crippen LogP contribution in [0.2, 0.25) is 0 Å². The normalized spacial score (nSPS) is 20.0. The van der Waals surface area contributed by atoms with Crippen LogP contribution in [0.5, 0.6) is 5.75 Å². The van der Waals surface area contributed by atoms with Gasteiger partial charge in [0.05, 0.1) is 21.2 Å². The number of unbranched alkanes of at least 4 members (excludes halogenated alkanes) is 1. The summed E-state index contributed by atoms with van der Waals surface area (Å²) in [5, 5.41) is 0. The van der Waals surface area contributed by atoms with Crippen LogP contribution in [0.3, 0.4) is 0 Å². The average molecular weight is 570 g/mol. The molecule has 0 amide bonds. The molecule has 1 aliphatic rings. The first-order valence-corrected chi connectivity index (χ1v) is 15.5. The zero-order valence-electron chi connectivity index (χ0n) is 19.9. The number of halogens is 4. The minimum absolute atomic E-state index is 0.00134. The summed E-state index contributed by atoms with van der Waals surface area (Å²) >= 11 is 0.907. The van der Waals surface area contributed by atoms with Gasteiger partial charge in [-0.25, -0.2) is 12.8 Å². The highest BCUT2D eigenvalue weighted by atomic mass is 32.2. The highest BCUT2D eigenvalue weighted by Crippen LogP contribution is 2.47. The van der Waals surface area contributed by atoms with Gasteiger partial charge in [0.1, 0.15) is 5.82 Å². The molecule has 13 heteroatoms. The molecule has 1 atom stereocenters. The summed E-state index contributed by atoms with van der Waals surface area (Å²) < 4.78 is 108. The van der Waals surface area contributed by atoms with Crippen molar-refractivity contribution in [3.8, 4) is 5.75 Å². The minimum atomic E-state index is -6.03. The van der Waals surface area contributed by atoms with E-state index in [0.717, 1.165) is 30.7 Å². The monoisotopic (exact) mass is 569 g/mol. The van der Waals surface area contributed by atoms with Crippen molar-refractivity contribution in [3.63, 3.8) is 0 Å². The van der Waals surface area contributed by atoms with Gasteiger partial charge in [0, 0.05) is 23.7 Å². The van der Waals surface area contributed by atoms with Crippen LogP contribution < -0.4 is 9.08 Å². The summed E-state index contributed by atoms with van der Waals surface area (Å²) in [4.78, 5) is 1.37. The van der Waals surface area contributed by atoms with Crippen molar-refractivity contribution in [3.05, 3.63) is 42.2 Å². The molecule has 0 aromatic heterocycles. The molecule has 3 rings (SSSR count). The summed E-state index contributed by atoms with van der Waals surface area (Å²) in [5.74, 6) is -1.50. The Balaban J connectivity index is 2.29. The van der Waals surface area contributed by atoms with Crippen molar-refractivity contribution in [1.29, 1.82) is 0 Å². The summed E-state index contributed by atoms with van der Waals surface area (Å²) in [5.41, 5.74) is -5.74. The summed E-state index contributed by atoms with van der Waals surface area (Å²) in [7, 11) is -10.1. The van der Waals surface area contributed by atoms with Crippen molar-refractivity contribution in [2.45, 2.75) is 54.8 Å². The van der Waals surface area contributed by atoms with Crippen molar-refractivity contribution < 1.29 is 38.6 Å². The lowest BCUT2D eigenvalue weighted by Gasteiger charge is -2.36. The second-order valence-electron chi connectivity index (χ2n) is 8.73. The average Bonchev–Trinajstić information content (AvgIpc) is 2.89. The molecule has 0 N–H and O–H groups in total. The van der Waals surface area contributed by atoms with Crippen LogP contribution >= 0.6 is 11.8 Å². The quantitative estimate of drug-likeness (QED) is 0.160. The number of thioether (sulfide) groups is 1. The molecule has 2 aromatic rings. The first kappa shape index (κ1) is 28.6. The van der Waals surface area contributed by atoms with Crippen molar-refractivity contribution in [2.24, 2.45) is 5.41 Å². The number of rotatable bonds is 8. The fraction of sp³-hybridized carbons (Fsp3) is 0.478. The number of alkyl halides is 3. The SMILES string of the molecule is CCCCC1(CC)CN(c2ccc(F)cc2)c2cc(SC)c(OS(=O)(=O)C(F)(F)F)cc2S(=O)(=O)C1. The van der Waals surface area contributed by atoms with Gasteiger partial charge in [-0.1, -0.05) is 26.7 Å². The van der Waals surface area contributed by atoms with Crippen molar-refractivity contribution in [2.75, 3.05) is 23.5 Å². The van der Waals surface area contributed by atoms with Crippen LogP contribution in [0, 0.1) is 11.2 Å². The predicted octanol–water partition coefficient (Wildman–Crippen LogP) is 6.29. The molecule has 1 aliphatic heterocycles. The van der Waals surface area contributed by atoms with E-state index in [2.05, 4.69) is 4.18 Å². The zero-order chi connectivity index (χ0) is 26.9. The molecule has 0 aliphatic carbocycles. The first-order chi connectivity index (χ1) is 16.7. The van der Waals surface area contributed by atoms with Crippen LogP contribution in [0.4, 0.5) is 28.9 Å². The minimum Gasteiger partial charge on any atom is -0.375 e. The number of hydrogen-bond acceptors (Lipinski definition) is 7. The highest BCUT2D eigenvalue weighted by Gasteiger charge is 2.49. The second-order valence-corrected chi connectivity index (χ2v) is 13.1. The Morgan fingerprint density at radius 1 is 1.14 bits per heavy atom. The van der Waals surface area contributed by atoms with Crippen LogP contribution in [0.15, 0.2) is 46.2 Å². The summed E-state index contributed by atoms with van der Waals surface area (Å²) in [6, 6.07) is 7.62. The lowest BCUT2D eigenvalue weighted by Crippen LogP contribution is -2.37. The summed E-state index contributed by atoms with van der Waals surface area (Å²) in [6.45, 7) is 4.12. The van der Waals surface area contributed by atoms with E-state index in [9.17, 15) is 34.4 Å². The molecule has 0 saturated heterocycles. The van der Waals surface area contributed by atoms with E-state index in [4.69, 9.17) is 0 Å². The number of sulfone groups is 1. The van der Waals surface area contributed by atoms with Gasteiger partial charge in [0.15, 0.2) is 15.6 Å². The van der Waals surface area contributed by atoms with E-state index in [1.807, 2.05) is 13.8 Å². The Labute approximate surface area is 213 Å². The fourth-order valence-electron chi connectivity index (χ4n) is 4.27. The lowest BCUT2D eigenvalue weighted by molar-refractivity contribution is -0.0500. The third-order valence-corrected chi connectivity index (χ3v) is 10.0. The van der Waals surface area contributed by atoms with Crippen LogP contribution in [-0.2, 0) is 20.0 Å². The summed E-state index contributed by atoms with van der Waals surface area (Å²) in [6.07, 6.45) is 4.16. The second kappa shape index (κ2) is 10.4. The van der Waals surface area contributed by atoms with Gasteiger partial charge in [0.25, 0.3) is 0 Å². The van der Waals surface area contributed by atoms with E-state index in [-0.39, 0.29) is 27.8 Å². The Kier molecular flexibility index (Phi) is 8.26. The molecule has 1 unspecified atom stereocenters. The third kappa shape index (κ3) is 5.77. The van der Waals surface area contributed by atoms with Gasteiger partial charge >= 0.3 is 15.6 Å². The van der Waals surface area contributed by atoms with Crippen molar-refractivity contribution in [1.82, 2.24) is 0 Å². The molecule has 0 bridgehead atoms. The van der Waals surface area contributed by atoms with Gasteiger partial charge in [-0.2, -0.15) is 21.6 Å². The van der Waals surface area contributed by atoms with Crippen LogP contribution in [-0.4, -0.2) is 40.9 Å². The Hall–Kier alpha value is -1.99. The molecule has 200 valence electrons. The number of nitrogens with zero attached hydrogens (tertiary/aromatic N) is 1. The molecule has 0 radical (unpaired) electrons. The zero-order valence-corrected chi connectivity index (χ0v) is 22.4. The topological polar surface area (TPSA) is 80.8 Å². The standard InChI is InChI=1S/C23H27F4NO5S3/c1-4-6-11-22(5-2)14-28(17-9-7-16(24)8-10-17)18-12-20(34-3)19(13-21(18)35(29,30)15-22)33-36(31,32)23(25,26)27/h7-10,12-13H,4-6,11,14-15H2,1-3H3. The van der Waals surface area contributed by atoms with Gasteiger partial charge in [-0.05, 0) is 49.4 Å². The smallest absolute Gasteiger partial charge is 0.375 e. The lowest BCUT2D eigenvalue weighted by atomic mass is 9.81. The van der Waals surface area contributed by atoms with Gasteiger partial charge in [0.2, 0.25) is 0 Å². The maximum Gasteiger partial charge on any atom is 0.534 e. The Bertz CT molecular complexity index is 1310. The van der Waals surface area contributed by atoms with E-state index < -0.39 is 42.4 Å². The van der Waals surface area contributed by atoms with E-state index >= 15 is 0 Å².